The van der Waals surface area contributed by atoms with Gasteiger partial charge in [-0.1, -0.05) is 67.6 Å². The van der Waals surface area contributed by atoms with Gasteiger partial charge in [0.2, 0.25) is 0 Å². The Morgan fingerprint density at radius 3 is 1.98 bits per heavy atom. The Morgan fingerprint density at radius 1 is 0.781 bits per heavy atom. The number of carbonyl (C=O) groups is 4. The highest BCUT2D eigenvalue weighted by molar-refractivity contribution is 6.60. The van der Waals surface area contributed by atoms with Gasteiger partial charge in [0, 0.05) is 38.5 Å². The molecule has 0 heterocycles. The third kappa shape index (κ3) is 11.5. The monoisotopic (exact) mass is 896 g/mol. The van der Waals surface area contributed by atoms with Crippen molar-refractivity contribution in [3.63, 3.8) is 0 Å². The molecule has 3 aromatic carbocycles. The van der Waals surface area contributed by atoms with Gasteiger partial charge in [0.1, 0.15) is 13.2 Å². The molecular formula is C49H60N2O12Si. The molecule has 15 heteroatoms. The second-order valence-electron chi connectivity index (χ2n) is 17.1. The molecule has 0 fully saturated rings. The molecule has 1 aliphatic rings. The second kappa shape index (κ2) is 22.3. The quantitative estimate of drug-likeness (QED) is 0.0187. The topological polar surface area (TPSA) is 181 Å². The highest BCUT2D eigenvalue weighted by atomic mass is 28.4. The van der Waals surface area contributed by atoms with Crippen LogP contribution in [-0.4, -0.2) is 86.0 Å². The molecule has 3 unspecified atom stereocenters. The summed E-state index contributed by atoms with van der Waals surface area (Å²) >= 11 is 0. The first kappa shape index (κ1) is 51.0. The van der Waals surface area contributed by atoms with E-state index in [0.29, 0.717) is 52.3 Å². The second-order valence-corrected chi connectivity index (χ2v) is 20.2. The third-order valence-electron chi connectivity index (χ3n) is 12.2. The van der Waals surface area contributed by atoms with E-state index in [9.17, 15) is 29.5 Å². The van der Waals surface area contributed by atoms with E-state index >= 15 is 0 Å². The van der Waals surface area contributed by atoms with Gasteiger partial charge in [-0.25, -0.2) is 14.9 Å². The summed E-state index contributed by atoms with van der Waals surface area (Å²) in [4.78, 5) is 58.3. The Bertz CT molecular complexity index is 2250. The number of aliphatic hydroxyl groups is 1. The van der Waals surface area contributed by atoms with E-state index in [0.717, 1.165) is 11.1 Å². The molecule has 3 aromatic rings. The van der Waals surface area contributed by atoms with Crippen LogP contribution in [0.2, 0.25) is 6.04 Å². The number of ether oxygens (including phenoxy) is 4. The molecule has 0 aromatic heterocycles. The standard InChI is InChI=1S/C49H60N2O12Si/c1-11-48(4,45(55)57-7)32-49(5,46(56)61-25-15-27-64(58-8,59-9)60-10)29-35(28-47(2,3)44(54)62-26-24-52)34-22-20-33(21-23-34)31-63-43(53)39-19-14-18-38-41(39)36-16-12-13-17-37(36)42(38)40(30-50)51-6/h12-14,16-23,35,52H,11,15,24-29,31-32H2,1-5,7-10H3/b42-40+. The van der Waals surface area contributed by atoms with Gasteiger partial charge in [-0.05, 0) is 99.6 Å². The molecule has 0 saturated carbocycles. The Morgan fingerprint density at radius 2 is 1.41 bits per heavy atom. The van der Waals surface area contributed by atoms with Crippen LogP contribution in [0.3, 0.4) is 0 Å². The summed E-state index contributed by atoms with van der Waals surface area (Å²) in [5.74, 6) is -2.57. The predicted octanol–water partition coefficient (Wildman–Crippen LogP) is 8.45. The van der Waals surface area contributed by atoms with Crippen LogP contribution < -0.4 is 0 Å². The molecule has 64 heavy (non-hydrogen) atoms. The zero-order chi connectivity index (χ0) is 47.3. The highest BCUT2D eigenvalue weighted by Gasteiger charge is 2.48. The Hall–Kier alpha value is -5.68. The number of allylic oxidation sites excluding steroid dienone is 1. The summed E-state index contributed by atoms with van der Waals surface area (Å²) in [6.45, 7) is 15.9. The summed E-state index contributed by atoms with van der Waals surface area (Å²) in [7, 11) is 2.91. The van der Waals surface area contributed by atoms with Crippen molar-refractivity contribution in [1.82, 2.24) is 0 Å². The fraction of sp³-hybridized carbons (Fsp3) is 0.469. The number of nitrogens with zero attached hydrogens (tertiary/aromatic N) is 2. The minimum atomic E-state index is -2.94. The minimum absolute atomic E-state index is 0.0371. The number of rotatable bonds is 23. The van der Waals surface area contributed by atoms with E-state index in [1.54, 1.807) is 45.9 Å². The number of carbonyl (C=O) groups excluding carboxylic acids is 4. The summed E-state index contributed by atoms with van der Waals surface area (Å²) in [5.41, 5.74) is 1.36. The van der Waals surface area contributed by atoms with Crippen LogP contribution in [0.1, 0.15) is 105 Å². The average Bonchev–Trinajstić information content (AvgIpc) is 3.64. The SMILES string of the molecule is [C-]#[N+]/C(C#N)=C1\c2ccccc2-c2c(C(=O)OCc3ccc(C(CC(C)(C)C(=O)OCCO)CC(C)(CC(C)(CC)C(=O)OC)C(=O)OCCC[Si](OC)(OC)OC)cc3)cccc21. The lowest BCUT2D eigenvalue weighted by Crippen LogP contribution is -2.43. The lowest BCUT2D eigenvalue weighted by molar-refractivity contribution is -0.163. The molecule has 0 saturated heterocycles. The average molecular weight is 897 g/mol. The number of methoxy groups -OCH3 is 1. The van der Waals surface area contributed by atoms with Gasteiger partial charge in [-0.3, -0.25) is 14.4 Å². The lowest BCUT2D eigenvalue weighted by atomic mass is 9.65. The maximum Gasteiger partial charge on any atom is 0.500 e. The Balaban J connectivity index is 1.67. The van der Waals surface area contributed by atoms with Gasteiger partial charge in [0.05, 0.1) is 54.8 Å². The van der Waals surface area contributed by atoms with Crippen molar-refractivity contribution in [1.29, 1.82) is 5.26 Å². The van der Waals surface area contributed by atoms with Gasteiger partial charge >= 0.3 is 32.7 Å². The maximum absolute atomic E-state index is 14.4. The third-order valence-corrected chi connectivity index (χ3v) is 15.0. The molecule has 1 N–H and O–H groups in total. The Labute approximate surface area is 377 Å². The normalized spacial score (nSPS) is 15.2. The Kier molecular flexibility index (Phi) is 17.7. The van der Waals surface area contributed by atoms with E-state index in [4.69, 9.17) is 38.8 Å². The van der Waals surface area contributed by atoms with Gasteiger partial charge < -0.3 is 37.3 Å². The van der Waals surface area contributed by atoms with Crippen LogP contribution in [0.15, 0.2) is 72.4 Å². The van der Waals surface area contributed by atoms with Crippen molar-refractivity contribution in [3.8, 4) is 17.2 Å². The summed E-state index contributed by atoms with van der Waals surface area (Å²) < 4.78 is 39.0. The fourth-order valence-electron chi connectivity index (χ4n) is 8.54. The number of nitriles is 1. The molecule has 3 atom stereocenters. The summed E-state index contributed by atoms with van der Waals surface area (Å²) in [5, 5.41) is 19.1. The van der Waals surface area contributed by atoms with Crippen LogP contribution in [0, 0.1) is 34.1 Å². The molecule has 0 amide bonds. The van der Waals surface area contributed by atoms with Crippen LogP contribution >= 0.6 is 0 Å². The first-order valence-corrected chi connectivity index (χ1v) is 23.1. The van der Waals surface area contributed by atoms with Crippen molar-refractivity contribution in [2.45, 2.75) is 85.3 Å². The van der Waals surface area contributed by atoms with Crippen LogP contribution in [0.5, 0.6) is 0 Å². The smallest absolute Gasteiger partial charge is 0.469 e. The minimum Gasteiger partial charge on any atom is -0.469 e. The van der Waals surface area contributed by atoms with Crippen LogP contribution in [0.25, 0.3) is 21.5 Å². The van der Waals surface area contributed by atoms with Crippen molar-refractivity contribution in [2.24, 2.45) is 16.2 Å². The zero-order valence-corrected chi connectivity index (χ0v) is 39.3. The molecule has 1 aliphatic carbocycles. The van der Waals surface area contributed by atoms with E-state index in [1.807, 2.05) is 61.5 Å². The van der Waals surface area contributed by atoms with E-state index in [1.165, 1.54) is 28.4 Å². The van der Waals surface area contributed by atoms with Crippen molar-refractivity contribution < 1.29 is 56.5 Å². The molecule has 14 nitrogen and oxygen atoms in total. The van der Waals surface area contributed by atoms with Crippen molar-refractivity contribution in [3.05, 3.63) is 112 Å². The lowest BCUT2D eigenvalue weighted by Gasteiger charge is -2.39. The fourth-order valence-corrected chi connectivity index (χ4v) is 10.2. The number of hydrogen-bond acceptors (Lipinski definition) is 13. The molecule has 0 aliphatic heterocycles. The zero-order valence-electron chi connectivity index (χ0n) is 38.3. The van der Waals surface area contributed by atoms with Gasteiger partial charge in [-0.15, -0.1) is 0 Å². The summed E-state index contributed by atoms with van der Waals surface area (Å²) in [6.07, 6.45) is 1.23. The molecule has 342 valence electrons. The molecule has 0 radical (unpaired) electrons. The first-order valence-electron chi connectivity index (χ1n) is 21.2. The van der Waals surface area contributed by atoms with Crippen molar-refractivity contribution >= 4 is 38.3 Å². The van der Waals surface area contributed by atoms with E-state index in [-0.39, 0.29) is 51.4 Å². The summed E-state index contributed by atoms with van der Waals surface area (Å²) in [6, 6.07) is 22.2. The molecule has 0 bridgehead atoms. The van der Waals surface area contributed by atoms with Crippen LogP contribution in [-0.2, 0) is 53.2 Å². The van der Waals surface area contributed by atoms with Gasteiger partial charge in [0.15, 0.2) is 0 Å². The number of hydrogen-bond donors (Lipinski definition) is 1. The molecular weight excluding hydrogens is 837 g/mol. The van der Waals surface area contributed by atoms with Crippen molar-refractivity contribution in [2.75, 3.05) is 48.3 Å². The number of aliphatic hydroxyl groups excluding tert-OH is 1. The largest absolute Gasteiger partial charge is 0.500 e. The van der Waals surface area contributed by atoms with E-state index < -0.39 is 54.8 Å². The highest BCUT2D eigenvalue weighted by Crippen LogP contribution is 2.49. The molecule has 4 rings (SSSR count). The van der Waals surface area contributed by atoms with Gasteiger partial charge in [-0.2, -0.15) is 0 Å². The van der Waals surface area contributed by atoms with Gasteiger partial charge in [0.25, 0.3) is 5.70 Å². The number of esters is 4. The van der Waals surface area contributed by atoms with E-state index in [2.05, 4.69) is 4.85 Å². The number of fused-ring (bicyclic) bond motifs is 3. The number of benzene rings is 3. The molecule has 0 spiro atoms. The first-order chi connectivity index (χ1) is 30.5. The van der Waals surface area contributed by atoms with Crippen LogP contribution in [0.4, 0.5) is 0 Å². The maximum atomic E-state index is 14.4. The predicted molar refractivity (Wildman–Crippen MR) is 240 cm³/mol.